The number of para-hydroxylation sites is 3. The summed E-state index contributed by atoms with van der Waals surface area (Å²) in [6.45, 7) is 5.85. The summed E-state index contributed by atoms with van der Waals surface area (Å²) < 4.78 is 17.6. The summed E-state index contributed by atoms with van der Waals surface area (Å²) in [6, 6.07) is 25.9. The molecule has 0 saturated carbocycles. The van der Waals surface area contributed by atoms with Gasteiger partial charge in [0.05, 0.1) is 12.2 Å². The van der Waals surface area contributed by atoms with Crippen molar-refractivity contribution in [3.63, 3.8) is 0 Å². The first kappa shape index (κ1) is 20.6. The molecule has 29 heavy (non-hydrogen) atoms. The van der Waals surface area contributed by atoms with Gasteiger partial charge in [0.2, 0.25) is 0 Å². The van der Waals surface area contributed by atoms with Gasteiger partial charge in [0.25, 0.3) is 0 Å². The number of ether oxygens (including phenoxy) is 3. The average molecular weight is 392 g/mol. The molecule has 0 aliphatic rings. The monoisotopic (exact) mass is 391 g/mol. The zero-order valence-electron chi connectivity index (χ0n) is 17.1. The van der Waals surface area contributed by atoms with Crippen LogP contribution in [0.25, 0.3) is 0 Å². The van der Waals surface area contributed by atoms with Gasteiger partial charge in [-0.25, -0.2) is 0 Å². The van der Waals surface area contributed by atoms with Crippen LogP contribution in [0.15, 0.2) is 78.9 Å². The molecule has 0 bridgehead atoms. The van der Waals surface area contributed by atoms with E-state index in [1.807, 2.05) is 66.7 Å². The molecule has 0 aromatic heterocycles. The van der Waals surface area contributed by atoms with Gasteiger partial charge in [-0.15, -0.1) is 0 Å². The largest absolute Gasteiger partial charge is 0.490 e. The molecule has 3 aromatic carbocycles. The molecule has 0 spiro atoms. The lowest BCUT2D eigenvalue weighted by Crippen LogP contribution is -2.23. The van der Waals surface area contributed by atoms with E-state index in [9.17, 15) is 0 Å². The average Bonchev–Trinajstić information content (AvgIpc) is 2.77. The minimum absolute atomic E-state index is 0.0250. The van der Waals surface area contributed by atoms with Gasteiger partial charge in [-0.1, -0.05) is 49.4 Å². The number of hydrogen-bond acceptors (Lipinski definition) is 4. The fourth-order valence-electron chi connectivity index (χ4n) is 2.90. The van der Waals surface area contributed by atoms with Crippen molar-refractivity contribution < 1.29 is 14.2 Å². The Balaban J connectivity index is 1.45. The summed E-state index contributed by atoms with van der Waals surface area (Å²) >= 11 is 0. The quantitative estimate of drug-likeness (QED) is 0.433. The molecule has 4 nitrogen and oxygen atoms in total. The molecule has 0 aliphatic heterocycles. The lowest BCUT2D eigenvalue weighted by atomic mass is 10.2. The molecule has 3 aromatic rings. The highest BCUT2D eigenvalue weighted by Crippen LogP contribution is 2.24. The molecule has 0 aliphatic carbocycles. The van der Waals surface area contributed by atoms with E-state index >= 15 is 0 Å². The van der Waals surface area contributed by atoms with Crippen LogP contribution in [-0.4, -0.2) is 25.9 Å². The third-order valence-electron chi connectivity index (χ3n) is 4.49. The Morgan fingerprint density at radius 1 is 0.759 bits per heavy atom. The smallest absolute Gasteiger partial charge is 0.142 e. The van der Waals surface area contributed by atoms with Crippen LogP contribution >= 0.6 is 0 Å². The van der Waals surface area contributed by atoms with Gasteiger partial charge in [0.15, 0.2) is 0 Å². The summed E-state index contributed by atoms with van der Waals surface area (Å²) in [5.41, 5.74) is 2.26. The van der Waals surface area contributed by atoms with Gasteiger partial charge in [-0.3, -0.25) is 0 Å². The third kappa shape index (κ3) is 6.75. The Kier molecular flexibility index (Phi) is 7.81. The van der Waals surface area contributed by atoms with E-state index < -0.39 is 0 Å². The molecule has 1 unspecified atom stereocenters. The molecule has 3 rings (SSSR count). The maximum absolute atomic E-state index is 6.00. The van der Waals surface area contributed by atoms with Gasteiger partial charge in [-0.2, -0.15) is 0 Å². The van der Waals surface area contributed by atoms with E-state index in [1.165, 1.54) is 5.56 Å². The van der Waals surface area contributed by atoms with Crippen molar-refractivity contribution >= 4 is 5.69 Å². The van der Waals surface area contributed by atoms with Crippen molar-refractivity contribution in [1.82, 2.24) is 0 Å². The van der Waals surface area contributed by atoms with Crippen LogP contribution < -0.4 is 19.5 Å². The van der Waals surface area contributed by atoms with Gasteiger partial charge >= 0.3 is 0 Å². The topological polar surface area (TPSA) is 39.7 Å². The minimum Gasteiger partial charge on any atom is -0.490 e. The highest BCUT2D eigenvalue weighted by molar-refractivity contribution is 5.56. The molecular weight excluding hydrogens is 362 g/mol. The van der Waals surface area contributed by atoms with E-state index in [1.54, 1.807) is 0 Å². The predicted molar refractivity (Wildman–Crippen MR) is 118 cm³/mol. The Morgan fingerprint density at radius 2 is 1.45 bits per heavy atom. The molecule has 0 saturated heterocycles. The number of anilines is 1. The second-order valence-electron chi connectivity index (χ2n) is 6.81. The molecule has 1 N–H and O–H groups in total. The normalized spacial score (nSPS) is 11.5. The fraction of sp³-hybridized carbons (Fsp3) is 0.280. The lowest BCUT2D eigenvalue weighted by molar-refractivity contribution is 0.217. The highest BCUT2D eigenvalue weighted by atomic mass is 16.5. The van der Waals surface area contributed by atoms with Gasteiger partial charge in [-0.05, 0) is 55.3 Å². The second kappa shape index (κ2) is 11.0. The number of rotatable bonds is 11. The van der Waals surface area contributed by atoms with Crippen LogP contribution in [0.1, 0.15) is 19.4 Å². The van der Waals surface area contributed by atoms with Gasteiger partial charge in [0.1, 0.15) is 36.6 Å². The van der Waals surface area contributed by atoms with E-state index in [-0.39, 0.29) is 6.10 Å². The summed E-state index contributed by atoms with van der Waals surface area (Å²) in [7, 11) is 0. The first-order chi connectivity index (χ1) is 14.2. The van der Waals surface area contributed by atoms with E-state index in [4.69, 9.17) is 14.2 Å². The molecular formula is C25H29NO3. The molecule has 1 atom stereocenters. The minimum atomic E-state index is 0.0250. The van der Waals surface area contributed by atoms with E-state index in [0.29, 0.717) is 19.8 Å². The van der Waals surface area contributed by atoms with E-state index in [0.717, 1.165) is 29.4 Å². The van der Waals surface area contributed by atoms with Crippen LogP contribution in [0.2, 0.25) is 0 Å². The Bertz CT molecular complexity index is 849. The zero-order chi connectivity index (χ0) is 20.3. The van der Waals surface area contributed by atoms with Crippen LogP contribution in [-0.2, 0) is 6.42 Å². The number of aryl methyl sites for hydroxylation is 1. The zero-order valence-corrected chi connectivity index (χ0v) is 17.1. The first-order valence-electron chi connectivity index (χ1n) is 10.1. The SMILES string of the molecule is CCc1ccc(OC(C)CNc2ccccc2OCCOc2ccccc2)cc1. The molecule has 4 heteroatoms. The van der Waals surface area contributed by atoms with Gasteiger partial charge < -0.3 is 19.5 Å². The molecule has 0 amide bonds. The predicted octanol–water partition coefficient (Wildman–Crippen LogP) is 5.59. The Hall–Kier alpha value is -3.14. The van der Waals surface area contributed by atoms with Crippen LogP contribution in [0.5, 0.6) is 17.2 Å². The summed E-state index contributed by atoms with van der Waals surface area (Å²) in [5.74, 6) is 2.54. The molecule has 152 valence electrons. The summed E-state index contributed by atoms with van der Waals surface area (Å²) in [4.78, 5) is 0. The number of benzene rings is 3. The Labute approximate surface area is 173 Å². The highest BCUT2D eigenvalue weighted by Gasteiger charge is 2.07. The Morgan fingerprint density at radius 3 is 2.21 bits per heavy atom. The van der Waals surface area contributed by atoms with Crippen molar-refractivity contribution in [2.24, 2.45) is 0 Å². The van der Waals surface area contributed by atoms with Crippen molar-refractivity contribution in [1.29, 1.82) is 0 Å². The second-order valence-corrected chi connectivity index (χ2v) is 6.81. The fourth-order valence-corrected chi connectivity index (χ4v) is 2.90. The van der Waals surface area contributed by atoms with Crippen molar-refractivity contribution in [3.8, 4) is 17.2 Å². The van der Waals surface area contributed by atoms with E-state index in [2.05, 4.69) is 31.3 Å². The van der Waals surface area contributed by atoms with Gasteiger partial charge in [0, 0.05) is 0 Å². The summed E-state index contributed by atoms with van der Waals surface area (Å²) in [5, 5.41) is 3.42. The van der Waals surface area contributed by atoms with Crippen molar-refractivity contribution in [2.45, 2.75) is 26.4 Å². The van der Waals surface area contributed by atoms with Crippen LogP contribution in [0, 0.1) is 0 Å². The maximum atomic E-state index is 6.00. The molecule has 0 radical (unpaired) electrons. The maximum Gasteiger partial charge on any atom is 0.142 e. The van der Waals surface area contributed by atoms with Crippen LogP contribution in [0.4, 0.5) is 5.69 Å². The lowest BCUT2D eigenvalue weighted by Gasteiger charge is -2.18. The first-order valence-corrected chi connectivity index (χ1v) is 10.1. The number of hydrogen-bond donors (Lipinski definition) is 1. The summed E-state index contributed by atoms with van der Waals surface area (Å²) in [6.07, 6.45) is 1.06. The molecule has 0 heterocycles. The van der Waals surface area contributed by atoms with Crippen molar-refractivity contribution in [3.05, 3.63) is 84.4 Å². The number of nitrogens with one attached hydrogen (secondary N) is 1. The standard InChI is InChI=1S/C25H29NO3/c1-3-21-13-15-23(16-14-21)29-20(2)19-26-24-11-7-8-12-25(24)28-18-17-27-22-9-5-4-6-10-22/h4-16,20,26H,3,17-19H2,1-2H3. The third-order valence-corrected chi connectivity index (χ3v) is 4.49. The van der Waals surface area contributed by atoms with Crippen molar-refractivity contribution in [2.75, 3.05) is 25.1 Å². The molecule has 0 fully saturated rings. The van der Waals surface area contributed by atoms with Crippen LogP contribution in [0.3, 0.4) is 0 Å².